The van der Waals surface area contributed by atoms with Gasteiger partial charge in [-0.3, -0.25) is 0 Å². The van der Waals surface area contributed by atoms with Crippen LogP contribution in [0.25, 0.3) is 11.0 Å². The first-order chi connectivity index (χ1) is 5.29. The zero-order valence-corrected chi connectivity index (χ0v) is 6.28. The fourth-order valence-corrected chi connectivity index (χ4v) is 1.19. The number of pyridine rings is 1. The Bertz CT molecular complexity index is 392. The van der Waals surface area contributed by atoms with Crippen molar-refractivity contribution in [3.05, 3.63) is 24.5 Å². The predicted octanol–water partition coefficient (Wildman–Crippen LogP) is 0.367. The van der Waals surface area contributed by atoms with Gasteiger partial charge in [0.25, 0.3) is 0 Å². The minimum Gasteiger partial charge on any atom is -0.336 e. The molecular formula is C8H7BN2. The smallest absolute Gasteiger partial charge is 0.138 e. The summed E-state index contributed by atoms with van der Waals surface area (Å²) >= 11 is 0. The lowest BCUT2D eigenvalue weighted by atomic mass is 9.94. The van der Waals surface area contributed by atoms with Gasteiger partial charge in [0.05, 0.1) is 0 Å². The third kappa shape index (κ3) is 0.844. The maximum absolute atomic E-state index is 5.72. The highest BCUT2D eigenvalue weighted by molar-refractivity contribution is 6.38. The van der Waals surface area contributed by atoms with Crippen molar-refractivity contribution in [3.8, 4) is 0 Å². The molecule has 2 aromatic rings. The zero-order chi connectivity index (χ0) is 7.84. The van der Waals surface area contributed by atoms with Crippen LogP contribution >= 0.6 is 0 Å². The molecule has 52 valence electrons. The van der Waals surface area contributed by atoms with Crippen molar-refractivity contribution in [2.24, 2.45) is 7.05 Å². The van der Waals surface area contributed by atoms with Gasteiger partial charge in [0.2, 0.25) is 0 Å². The summed E-state index contributed by atoms with van der Waals surface area (Å²) in [5, 5.41) is 1.02. The van der Waals surface area contributed by atoms with Gasteiger partial charge in [0.1, 0.15) is 13.5 Å². The van der Waals surface area contributed by atoms with Gasteiger partial charge in [0, 0.05) is 24.8 Å². The summed E-state index contributed by atoms with van der Waals surface area (Å²) in [6.45, 7) is 0. The molecule has 3 heteroatoms. The molecular weight excluding hydrogens is 135 g/mol. The highest BCUT2D eigenvalue weighted by Crippen LogP contribution is 2.07. The Morgan fingerprint density at radius 2 is 2.27 bits per heavy atom. The Balaban J connectivity index is 2.94. The first-order valence-corrected chi connectivity index (χ1v) is 3.44. The summed E-state index contributed by atoms with van der Waals surface area (Å²) in [6.07, 6.45) is 3.67. The third-order valence-corrected chi connectivity index (χ3v) is 1.80. The first kappa shape index (κ1) is 6.46. The van der Waals surface area contributed by atoms with E-state index in [0.717, 1.165) is 16.5 Å². The van der Waals surface area contributed by atoms with Crippen molar-refractivity contribution in [3.63, 3.8) is 0 Å². The third-order valence-electron chi connectivity index (χ3n) is 1.80. The molecule has 0 bridgehead atoms. The molecule has 0 aromatic carbocycles. The second kappa shape index (κ2) is 2.12. The quantitative estimate of drug-likeness (QED) is 0.485. The molecule has 2 rings (SSSR count). The van der Waals surface area contributed by atoms with E-state index in [1.165, 1.54) is 0 Å². The van der Waals surface area contributed by atoms with Crippen molar-refractivity contribution >= 4 is 24.3 Å². The number of fused-ring (bicyclic) bond motifs is 1. The van der Waals surface area contributed by atoms with E-state index in [1.807, 2.05) is 29.9 Å². The Morgan fingerprint density at radius 1 is 1.45 bits per heavy atom. The number of nitrogens with zero attached hydrogens (tertiary/aromatic N) is 2. The predicted molar refractivity (Wildman–Crippen MR) is 46.1 cm³/mol. The van der Waals surface area contributed by atoms with Gasteiger partial charge >= 0.3 is 0 Å². The maximum atomic E-state index is 5.72. The normalized spacial score (nSPS) is 10.6. The maximum Gasteiger partial charge on any atom is 0.138 e. The van der Waals surface area contributed by atoms with Crippen molar-refractivity contribution in [2.75, 3.05) is 0 Å². The largest absolute Gasteiger partial charge is 0.336 e. The number of rotatable bonds is 0. The Labute approximate surface area is 66.3 Å². The van der Waals surface area contributed by atoms with Crippen LogP contribution in [0, 0.1) is 0 Å². The lowest BCUT2D eigenvalue weighted by Crippen LogP contribution is -2.03. The first-order valence-electron chi connectivity index (χ1n) is 3.44. The SMILES string of the molecule is [B]c1ccnc2c1ccn2C. The minimum absolute atomic E-state index is 0.788. The Morgan fingerprint density at radius 3 is 3.00 bits per heavy atom. The van der Waals surface area contributed by atoms with Crippen molar-refractivity contribution < 1.29 is 0 Å². The van der Waals surface area contributed by atoms with Crippen LogP contribution in [0.5, 0.6) is 0 Å². The lowest BCUT2D eigenvalue weighted by molar-refractivity contribution is 0.949. The molecule has 0 unspecified atom stereocenters. The van der Waals surface area contributed by atoms with Crippen LogP contribution in [0.1, 0.15) is 0 Å². The molecule has 0 aliphatic rings. The minimum atomic E-state index is 0.788. The van der Waals surface area contributed by atoms with Gasteiger partial charge in [-0.15, -0.1) is 0 Å². The van der Waals surface area contributed by atoms with Crippen molar-refractivity contribution in [2.45, 2.75) is 0 Å². The molecule has 2 aromatic heterocycles. The van der Waals surface area contributed by atoms with Gasteiger partial charge < -0.3 is 4.57 Å². The number of aromatic nitrogens is 2. The molecule has 0 saturated heterocycles. The molecule has 0 saturated carbocycles. The van der Waals surface area contributed by atoms with Crippen LogP contribution in [0.3, 0.4) is 0 Å². The monoisotopic (exact) mass is 142 g/mol. The molecule has 0 fully saturated rings. The second-order valence-electron chi connectivity index (χ2n) is 2.56. The molecule has 2 nitrogen and oxygen atoms in total. The summed E-state index contributed by atoms with van der Waals surface area (Å²) in [5.74, 6) is 0. The second-order valence-corrected chi connectivity index (χ2v) is 2.56. The van der Waals surface area contributed by atoms with Gasteiger partial charge in [-0.1, -0.05) is 11.5 Å². The average Bonchev–Trinajstić information content (AvgIpc) is 2.35. The summed E-state index contributed by atoms with van der Waals surface area (Å²) in [5.41, 5.74) is 1.72. The Hall–Kier alpha value is -1.25. The van der Waals surface area contributed by atoms with E-state index in [2.05, 4.69) is 4.98 Å². The van der Waals surface area contributed by atoms with Crippen LogP contribution in [0.15, 0.2) is 24.5 Å². The van der Waals surface area contributed by atoms with E-state index >= 15 is 0 Å². The van der Waals surface area contributed by atoms with E-state index in [-0.39, 0.29) is 0 Å². The highest BCUT2D eigenvalue weighted by Gasteiger charge is 1.98. The fourth-order valence-electron chi connectivity index (χ4n) is 1.19. The van der Waals surface area contributed by atoms with Gasteiger partial charge in [-0.05, 0) is 6.07 Å². The summed E-state index contributed by atoms with van der Waals surface area (Å²) in [6, 6.07) is 3.78. The molecule has 2 heterocycles. The van der Waals surface area contributed by atoms with E-state index in [0.29, 0.717) is 0 Å². The number of hydrogen-bond acceptors (Lipinski definition) is 1. The van der Waals surface area contributed by atoms with Gasteiger partial charge in [0.15, 0.2) is 0 Å². The molecule has 0 N–H and O–H groups in total. The number of hydrogen-bond donors (Lipinski definition) is 0. The molecule has 0 aliphatic heterocycles. The molecule has 2 radical (unpaired) electrons. The van der Waals surface area contributed by atoms with E-state index in [9.17, 15) is 0 Å². The standard InChI is InChI=1S/C8H7BN2/c1-11-5-3-6-7(9)2-4-10-8(6)11/h2-5H,1H3. The molecule has 11 heavy (non-hydrogen) atoms. The molecule has 0 amide bonds. The fraction of sp³-hybridized carbons (Fsp3) is 0.125. The van der Waals surface area contributed by atoms with Crippen molar-refractivity contribution in [1.29, 1.82) is 0 Å². The lowest BCUT2D eigenvalue weighted by Gasteiger charge is -1.96. The Kier molecular flexibility index (Phi) is 1.25. The van der Waals surface area contributed by atoms with E-state index in [4.69, 9.17) is 7.85 Å². The zero-order valence-electron chi connectivity index (χ0n) is 6.28. The van der Waals surface area contributed by atoms with Crippen LogP contribution in [0.4, 0.5) is 0 Å². The summed E-state index contributed by atoms with van der Waals surface area (Å²) in [4.78, 5) is 4.18. The van der Waals surface area contributed by atoms with Crippen LogP contribution in [-0.2, 0) is 7.05 Å². The van der Waals surface area contributed by atoms with Crippen LogP contribution in [0.2, 0.25) is 0 Å². The number of aryl methyl sites for hydroxylation is 1. The topological polar surface area (TPSA) is 17.8 Å². The van der Waals surface area contributed by atoms with Crippen molar-refractivity contribution in [1.82, 2.24) is 9.55 Å². The summed E-state index contributed by atoms with van der Waals surface area (Å²) < 4.78 is 1.95. The summed E-state index contributed by atoms with van der Waals surface area (Å²) in [7, 11) is 7.67. The average molecular weight is 142 g/mol. The highest BCUT2D eigenvalue weighted by atomic mass is 15.0. The van der Waals surface area contributed by atoms with Gasteiger partial charge in [-0.2, -0.15) is 0 Å². The van der Waals surface area contributed by atoms with Gasteiger partial charge in [-0.25, -0.2) is 4.98 Å². The molecule has 0 spiro atoms. The van der Waals surface area contributed by atoms with Crippen LogP contribution < -0.4 is 5.46 Å². The van der Waals surface area contributed by atoms with Crippen LogP contribution in [-0.4, -0.2) is 17.4 Å². The molecule has 0 atom stereocenters. The van der Waals surface area contributed by atoms with E-state index < -0.39 is 0 Å². The molecule has 0 aliphatic carbocycles. The van der Waals surface area contributed by atoms with E-state index in [1.54, 1.807) is 6.20 Å².